The summed E-state index contributed by atoms with van der Waals surface area (Å²) in [6.07, 6.45) is -2.85. The molecule has 2 rings (SSSR count). The molecule has 1 fully saturated rings. The molecule has 7 nitrogen and oxygen atoms in total. The van der Waals surface area contributed by atoms with Crippen LogP contribution in [-0.2, 0) is 4.74 Å². The average Bonchev–Trinajstić information content (AvgIpc) is 2.84. The first-order valence-corrected chi connectivity index (χ1v) is 8.21. The maximum atomic E-state index is 13.8. The van der Waals surface area contributed by atoms with Gasteiger partial charge in [-0.3, -0.25) is 0 Å². The first-order chi connectivity index (χ1) is 12.0. The summed E-state index contributed by atoms with van der Waals surface area (Å²) < 4.78 is 24.7. The molecule has 1 aromatic carbocycles. The topological polar surface area (TPSA) is 103 Å². The van der Waals surface area contributed by atoms with Gasteiger partial charge in [0, 0.05) is 6.07 Å². The molecule has 0 bridgehead atoms. The molecule has 0 saturated carbocycles. The van der Waals surface area contributed by atoms with Crippen molar-refractivity contribution >= 4 is 6.09 Å². The molecular formula is C18H23FN2O5. The fraction of sp³-hybridized carbons (Fsp3) is 0.556. The Labute approximate surface area is 151 Å². The molecular weight excluding hydrogens is 343 g/mol. The number of carbonyl (C=O) groups is 1. The first kappa shape index (κ1) is 19.9. The first-order valence-electron chi connectivity index (χ1n) is 8.21. The zero-order valence-electron chi connectivity index (χ0n) is 15.2. The largest absolute Gasteiger partial charge is 0.485 e. The van der Waals surface area contributed by atoms with Crippen LogP contribution >= 0.6 is 0 Å². The van der Waals surface area contributed by atoms with Gasteiger partial charge in [0.1, 0.15) is 34.9 Å². The van der Waals surface area contributed by atoms with Crippen molar-refractivity contribution in [3.63, 3.8) is 0 Å². The van der Waals surface area contributed by atoms with Gasteiger partial charge in [-0.25, -0.2) is 9.18 Å². The zero-order chi connectivity index (χ0) is 19.7. The van der Waals surface area contributed by atoms with Gasteiger partial charge < -0.3 is 24.6 Å². The molecule has 0 radical (unpaired) electrons. The van der Waals surface area contributed by atoms with Crippen LogP contribution in [0.2, 0.25) is 0 Å². The zero-order valence-corrected chi connectivity index (χ0v) is 15.2. The lowest BCUT2D eigenvalue weighted by Crippen LogP contribution is -2.53. The molecule has 2 unspecified atom stereocenters. The molecule has 26 heavy (non-hydrogen) atoms. The number of aliphatic hydroxyl groups excluding tert-OH is 1. The van der Waals surface area contributed by atoms with E-state index in [1.807, 2.05) is 0 Å². The summed E-state index contributed by atoms with van der Waals surface area (Å²) in [6.45, 7) is 6.30. The minimum atomic E-state index is -1.75. The van der Waals surface area contributed by atoms with Gasteiger partial charge in [-0.2, -0.15) is 5.26 Å². The standard InChI is InChI=1S/C18H23FN2O5/c1-11(22)18(24)10-21(16(23)26-17(2,3)4)9-15(18)25-13-6-5-12(8-20)14(19)7-13/h5-7,11,15,22,24H,9-10H2,1-4H3/t11-,15?,18?/m0/s1. The number of likely N-dealkylation sites (tertiary alicyclic amines) is 1. The number of hydrogen-bond donors (Lipinski definition) is 2. The van der Waals surface area contributed by atoms with E-state index in [0.717, 1.165) is 6.07 Å². The van der Waals surface area contributed by atoms with Crippen molar-refractivity contribution in [2.45, 2.75) is 51.1 Å². The quantitative estimate of drug-likeness (QED) is 0.846. The molecule has 1 aliphatic heterocycles. The van der Waals surface area contributed by atoms with Crippen LogP contribution < -0.4 is 4.74 Å². The van der Waals surface area contributed by atoms with E-state index in [1.54, 1.807) is 26.8 Å². The van der Waals surface area contributed by atoms with Crippen LogP contribution in [0.15, 0.2) is 18.2 Å². The van der Waals surface area contributed by atoms with E-state index in [4.69, 9.17) is 14.7 Å². The van der Waals surface area contributed by atoms with Gasteiger partial charge in [-0.1, -0.05) is 0 Å². The third-order valence-corrected chi connectivity index (χ3v) is 4.10. The van der Waals surface area contributed by atoms with Crippen molar-refractivity contribution < 1.29 is 28.9 Å². The van der Waals surface area contributed by atoms with Gasteiger partial charge in [-0.15, -0.1) is 0 Å². The third kappa shape index (κ3) is 4.23. The molecule has 1 aromatic rings. The molecule has 0 aromatic heterocycles. The van der Waals surface area contributed by atoms with Crippen molar-refractivity contribution in [3.05, 3.63) is 29.6 Å². The van der Waals surface area contributed by atoms with Gasteiger partial charge >= 0.3 is 6.09 Å². The Hall–Kier alpha value is -2.37. The van der Waals surface area contributed by atoms with E-state index in [1.165, 1.54) is 24.0 Å². The molecule has 1 heterocycles. The second-order valence-corrected chi connectivity index (χ2v) is 7.39. The molecule has 8 heteroatoms. The summed E-state index contributed by atoms with van der Waals surface area (Å²) in [4.78, 5) is 13.5. The van der Waals surface area contributed by atoms with Gasteiger partial charge in [-0.05, 0) is 39.8 Å². The van der Waals surface area contributed by atoms with Gasteiger partial charge in [0.2, 0.25) is 0 Å². The minimum Gasteiger partial charge on any atom is -0.485 e. The van der Waals surface area contributed by atoms with E-state index in [2.05, 4.69) is 0 Å². The van der Waals surface area contributed by atoms with Gasteiger partial charge in [0.25, 0.3) is 0 Å². The predicted octanol–water partition coefficient (Wildman–Crippen LogP) is 1.81. The highest BCUT2D eigenvalue weighted by atomic mass is 19.1. The smallest absolute Gasteiger partial charge is 0.410 e. The van der Waals surface area contributed by atoms with Crippen LogP contribution in [0.25, 0.3) is 0 Å². The predicted molar refractivity (Wildman–Crippen MR) is 90.0 cm³/mol. The summed E-state index contributed by atoms with van der Waals surface area (Å²) >= 11 is 0. The van der Waals surface area contributed by atoms with Crippen molar-refractivity contribution in [2.24, 2.45) is 0 Å². The van der Waals surface area contributed by atoms with Crippen LogP contribution in [0.1, 0.15) is 33.3 Å². The Morgan fingerprint density at radius 3 is 2.65 bits per heavy atom. The summed E-state index contributed by atoms with van der Waals surface area (Å²) in [5.74, 6) is -0.677. The van der Waals surface area contributed by atoms with Crippen LogP contribution in [0.5, 0.6) is 5.75 Å². The number of β-amino-alcohol motifs (C(OH)–C–C–N with tert-alkyl or cyclic N) is 1. The highest BCUT2D eigenvalue weighted by Gasteiger charge is 2.52. The number of halogens is 1. The maximum absolute atomic E-state index is 13.8. The number of nitriles is 1. The number of hydrogen-bond acceptors (Lipinski definition) is 6. The Kier molecular flexibility index (Phi) is 5.44. The van der Waals surface area contributed by atoms with Crippen LogP contribution in [-0.4, -0.2) is 57.7 Å². The highest BCUT2D eigenvalue weighted by molar-refractivity contribution is 5.69. The number of ether oxygens (including phenoxy) is 2. The van der Waals surface area contributed by atoms with E-state index < -0.39 is 35.3 Å². The maximum Gasteiger partial charge on any atom is 0.410 e. The lowest BCUT2D eigenvalue weighted by Gasteiger charge is -2.31. The summed E-state index contributed by atoms with van der Waals surface area (Å²) in [7, 11) is 0. The Morgan fingerprint density at radius 2 is 2.15 bits per heavy atom. The van der Waals surface area contributed by atoms with Gasteiger partial charge in [0.05, 0.1) is 24.8 Å². The second kappa shape index (κ2) is 7.09. The number of aliphatic hydroxyl groups is 2. The van der Waals surface area contributed by atoms with Crippen LogP contribution in [0.3, 0.4) is 0 Å². The molecule has 1 amide bonds. The van der Waals surface area contributed by atoms with Crippen molar-refractivity contribution in [1.29, 1.82) is 5.26 Å². The van der Waals surface area contributed by atoms with Crippen molar-refractivity contribution in [3.8, 4) is 11.8 Å². The fourth-order valence-electron chi connectivity index (χ4n) is 2.66. The molecule has 3 atom stereocenters. The summed E-state index contributed by atoms with van der Waals surface area (Å²) in [5, 5.41) is 29.6. The summed E-state index contributed by atoms with van der Waals surface area (Å²) in [6, 6.07) is 5.38. The number of carbonyl (C=O) groups excluding carboxylic acids is 1. The highest BCUT2D eigenvalue weighted by Crippen LogP contribution is 2.31. The normalized spacial score (nSPS) is 24.1. The van der Waals surface area contributed by atoms with Crippen LogP contribution in [0, 0.1) is 17.1 Å². The average molecular weight is 366 g/mol. The van der Waals surface area contributed by atoms with Crippen LogP contribution in [0.4, 0.5) is 9.18 Å². The molecule has 1 aliphatic rings. The Balaban J connectivity index is 2.21. The molecule has 142 valence electrons. The van der Waals surface area contributed by atoms with E-state index in [-0.39, 0.29) is 24.4 Å². The van der Waals surface area contributed by atoms with E-state index in [0.29, 0.717) is 0 Å². The Bertz CT molecular complexity index is 725. The molecule has 2 N–H and O–H groups in total. The fourth-order valence-corrected chi connectivity index (χ4v) is 2.66. The number of rotatable bonds is 3. The second-order valence-electron chi connectivity index (χ2n) is 7.39. The number of amides is 1. The lowest BCUT2D eigenvalue weighted by atomic mass is 9.94. The Morgan fingerprint density at radius 1 is 1.50 bits per heavy atom. The monoisotopic (exact) mass is 366 g/mol. The molecule has 1 saturated heterocycles. The molecule has 0 aliphatic carbocycles. The lowest BCUT2D eigenvalue weighted by molar-refractivity contribution is -0.105. The van der Waals surface area contributed by atoms with Crippen molar-refractivity contribution in [2.75, 3.05) is 13.1 Å². The third-order valence-electron chi connectivity index (χ3n) is 4.10. The summed E-state index contributed by atoms with van der Waals surface area (Å²) in [5.41, 5.74) is -2.60. The number of benzene rings is 1. The van der Waals surface area contributed by atoms with Crippen molar-refractivity contribution in [1.82, 2.24) is 4.90 Å². The van der Waals surface area contributed by atoms with E-state index in [9.17, 15) is 19.4 Å². The SMILES string of the molecule is C[C@H](O)C1(O)CN(C(=O)OC(C)(C)C)CC1Oc1ccc(C#N)c(F)c1. The minimum absolute atomic E-state index is 0.0437. The van der Waals surface area contributed by atoms with Gasteiger partial charge in [0.15, 0.2) is 0 Å². The number of nitrogens with zero attached hydrogens (tertiary/aromatic N) is 2. The molecule has 0 spiro atoms. The van der Waals surface area contributed by atoms with E-state index >= 15 is 0 Å².